The maximum Gasteiger partial charge on any atom is 0.336 e. The van der Waals surface area contributed by atoms with Gasteiger partial charge >= 0.3 is 5.63 Å². The number of aliphatic hydroxyl groups is 1. The van der Waals surface area contributed by atoms with Crippen molar-refractivity contribution in [2.75, 3.05) is 13.2 Å². The molecule has 1 aromatic heterocycles. The van der Waals surface area contributed by atoms with Gasteiger partial charge in [0.25, 0.3) is 0 Å². The minimum atomic E-state index is -0.411. The highest BCUT2D eigenvalue weighted by Gasteiger charge is 2.29. The molecule has 1 aromatic carbocycles. The Bertz CT molecular complexity index is 733. The van der Waals surface area contributed by atoms with Crippen molar-refractivity contribution in [1.29, 1.82) is 0 Å². The van der Waals surface area contributed by atoms with Crippen LogP contribution in [-0.4, -0.2) is 34.3 Å². The van der Waals surface area contributed by atoms with E-state index in [2.05, 4.69) is 4.90 Å². The largest absolute Gasteiger partial charge is 0.508 e. The lowest BCUT2D eigenvalue weighted by molar-refractivity contribution is 0.183. The third kappa shape index (κ3) is 3.00. The molecule has 0 saturated heterocycles. The van der Waals surface area contributed by atoms with Crippen molar-refractivity contribution in [2.24, 2.45) is 0 Å². The minimum absolute atomic E-state index is 0.108. The van der Waals surface area contributed by atoms with Crippen LogP contribution in [0.2, 0.25) is 0 Å². The van der Waals surface area contributed by atoms with E-state index in [0.717, 1.165) is 29.4 Å². The molecule has 2 aromatic rings. The summed E-state index contributed by atoms with van der Waals surface area (Å²) >= 11 is 0. The van der Waals surface area contributed by atoms with Gasteiger partial charge in [0.15, 0.2) is 0 Å². The first kappa shape index (κ1) is 15.1. The highest BCUT2D eigenvalue weighted by molar-refractivity contribution is 5.82. The summed E-state index contributed by atoms with van der Waals surface area (Å²) in [6.45, 7) is 3.30. The number of phenolic OH excluding ortho intramolecular Hbond substituents is 1. The zero-order valence-corrected chi connectivity index (χ0v) is 12.7. The zero-order valence-electron chi connectivity index (χ0n) is 12.7. The molecule has 1 fully saturated rings. The van der Waals surface area contributed by atoms with Crippen molar-refractivity contribution in [3.05, 3.63) is 39.7 Å². The van der Waals surface area contributed by atoms with Gasteiger partial charge in [-0.3, -0.25) is 4.90 Å². The molecule has 118 valence electrons. The maximum absolute atomic E-state index is 11.8. The summed E-state index contributed by atoms with van der Waals surface area (Å²) in [5.74, 6) is 0.157. The molecular weight excluding hydrogens is 282 g/mol. The monoisotopic (exact) mass is 303 g/mol. The second kappa shape index (κ2) is 6.10. The van der Waals surface area contributed by atoms with Crippen LogP contribution >= 0.6 is 0 Å². The maximum atomic E-state index is 11.8. The highest BCUT2D eigenvalue weighted by atomic mass is 16.4. The number of aromatic hydroxyl groups is 1. The summed E-state index contributed by atoms with van der Waals surface area (Å²) in [5.41, 5.74) is 1.73. The quantitative estimate of drug-likeness (QED) is 0.799. The minimum Gasteiger partial charge on any atom is -0.508 e. The van der Waals surface area contributed by atoms with Crippen LogP contribution in [0, 0.1) is 0 Å². The predicted molar refractivity (Wildman–Crippen MR) is 84.0 cm³/mol. The summed E-state index contributed by atoms with van der Waals surface area (Å²) in [4.78, 5) is 14.0. The fourth-order valence-corrected chi connectivity index (χ4v) is 2.90. The Balaban J connectivity index is 2.04. The van der Waals surface area contributed by atoms with E-state index in [1.54, 1.807) is 0 Å². The Hall–Kier alpha value is -1.85. The molecule has 0 amide bonds. The molecule has 5 heteroatoms. The van der Waals surface area contributed by atoms with Crippen LogP contribution in [0.3, 0.4) is 0 Å². The van der Waals surface area contributed by atoms with Crippen LogP contribution in [0.1, 0.15) is 30.9 Å². The van der Waals surface area contributed by atoms with Crippen LogP contribution in [-0.2, 0) is 13.0 Å². The van der Waals surface area contributed by atoms with Crippen LogP contribution in [0.4, 0.5) is 0 Å². The Labute approximate surface area is 128 Å². The molecule has 5 nitrogen and oxygen atoms in total. The molecule has 0 atom stereocenters. The number of hydrogen-bond acceptors (Lipinski definition) is 5. The topological polar surface area (TPSA) is 73.9 Å². The fraction of sp³-hybridized carbons (Fsp3) is 0.471. The van der Waals surface area contributed by atoms with Crippen LogP contribution < -0.4 is 5.63 Å². The normalized spacial score (nSPS) is 14.9. The summed E-state index contributed by atoms with van der Waals surface area (Å²) in [5, 5.41) is 20.0. The predicted octanol–water partition coefficient (Wildman–Crippen LogP) is 2.02. The van der Waals surface area contributed by atoms with Gasteiger partial charge in [-0.1, -0.05) is 6.92 Å². The first-order valence-corrected chi connectivity index (χ1v) is 7.76. The van der Waals surface area contributed by atoms with Gasteiger partial charge in [-0.15, -0.1) is 0 Å². The molecule has 1 heterocycles. The van der Waals surface area contributed by atoms with Gasteiger partial charge in [-0.05, 0) is 36.5 Å². The molecule has 0 unspecified atom stereocenters. The molecule has 0 aliphatic heterocycles. The summed E-state index contributed by atoms with van der Waals surface area (Å²) in [6.07, 6.45) is 2.99. The first-order valence-electron chi connectivity index (χ1n) is 7.76. The van der Waals surface area contributed by atoms with Crippen molar-refractivity contribution < 1.29 is 14.6 Å². The van der Waals surface area contributed by atoms with E-state index in [1.165, 1.54) is 12.1 Å². The van der Waals surface area contributed by atoms with Crippen molar-refractivity contribution in [1.82, 2.24) is 4.90 Å². The molecule has 1 aliphatic carbocycles. The Kier molecular flexibility index (Phi) is 4.18. The third-order valence-electron chi connectivity index (χ3n) is 4.23. The number of benzene rings is 1. The number of aryl methyl sites for hydroxylation is 1. The number of fused-ring (bicyclic) bond motifs is 1. The molecular formula is C17H21NO4. The third-order valence-corrected chi connectivity index (χ3v) is 4.23. The number of phenols is 1. The van der Waals surface area contributed by atoms with E-state index in [1.807, 2.05) is 13.0 Å². The molecule has 1 saturated carbocycles. The summed E-state index contributed by atoms with van der Waals surface area (Å²) in [6, 6.07) is 5.43. The van der Waals surface area contributed by atoms with E-state index >= 15 is 0 Å². The molecule has 3 rings (SSSR count). The molecule has 0 spiro atoms. The Morgan fingerprint density at radius 2 is 2.05 bits per heavy atom. The van der Waals surface area contributed by atoms with E-state index in [-0.39, 0.29) is 12.4 Å². The van der Waals surface area contributed by atoms with E-state index in [4.69, 9.17) is 4.42 Å². The van der Waals surface area contributed by atoms with Crippen LogP contribution in [0.25, 0.3) is 11.0 Å². The smallest absolute Gasteiger partial charge is 0.336 e. The average molecular weight is 303 g/mol. The van der Waals surface area contributed by atoms with Crippen molar-refractivity contribution >= 4 is 11.0 Å². The lowest BCUT2D eigenvalue weighted by Gasteiger charge is -2.21. The van der Waals surface area contributed by atoms with Gasteiger partial charge in [0, 0.05) is 36.7 Å². The number of nitrogens with zero attached hydrogens (tertiary/aromatic N) is 1. The number of aliphatic hydroxyl groups excluding tert-OH is 1. The van der Waals surface area contributed by atoms with Crippen LogP contribution in [0.15, 0.2) is 27.4 Å². The van der Waals surface area contributed by atoms with Crippen molar-refractivity contribution in [3.63, 3.8) is 0 Å². The fourth-order valence-electron chi connectivity index (χ4n) is 2.90. The molecule has 22 heavy (non-hydrogen) atoms. The van der Waals surface area contributed by atoms with Gasteiger partial charge in [-0.25, -0.2) is 4.79 Å². The average Bonchev–Trinajstić information content (AvgIpc) is 3.30. The van der Waals surface area contributed by atoms with Crippen molar-refractivity contribution in [3.8, 4) is 5.75 Å². The van der Waals surface area contributed by atoms with Gasteiger partial charge < -0.3 is 14.6 Å². The van der Waals surface area contributed by atoms with E-state index < -0.39 is 5.63 Å². The number of rotatable bonds is 6. The first-order chi connectivity index (χ1) is 10.6. The second-order valence-corrected chi connectivity index (χ2v) is 5.85. The van der Waals surface area contributed by atoms with Gasteiger partial charge in [0.05, 0.1) is 6.61 Å². The summed E-state index contributed by atoms with van der Waals surface area (Å²) < 4.78 is 5.22. The number of hydrogen-bond donors (Lipinski definition) is 2. The van der Waals surface area contributed by atoms with Gasteiger partial charge in [-0.2, -0.15) is 0 Å². The van der Waals surface area contributed by atoms with E-state index in [0.29, 0.717) is 31.1 Å². The van der Waals surface area contributed by atoms with Crippen molar-refractivity contribution in [2.45, 2.75) is 38.8 Å². The van der Waals surface area contributed by atoms with Crippen LogP contribution in [0.5, 0.6) is 5.75 Å². The molecule has 2 N–H and O–H groups in total. The van der Waals surface area contributed by atoms with Gasteiger partial charge in [0.2, 0.25) is 0 Å². The Morgan fingerprint density at radius 1 is 1.27 bits per heavy atom. The van der Waals surface area contributed by atoms with E-state index in [9.17, 15) is 15.0 Å². The standard InChI is InChI=1S/C17H21NO4/c1-2-11-7-14-12(10-18(5-6-19)13-3-4-13)8-17(21)22-16(14)9-15(11)20/h7-9,13,19-20H,2-6,10H2,1H3. The summed E-state index contributed by atoms with van der Waals surface area (Å²) in [7, 11) is 0. The Morgan fingerprint density at radius 3 is 2.68 bits per heavy atom. The lowest BCUT2D eigenvalue weighted by Crippen LogP contribution is -2.29. The molecule has 0 radical (unpaired) electrons. The zero-order chi connectivity index (χ0) is 15.7. The van der Waals surface area contributed by atoms with Gasteiger partial charge in [0.1, 0.15) is 11.3 Å². The molecule has 1 aliphatic rings. The SMILES string of the molecule is CCc1cc2c(CN(CCO)C3CC3)cc(=O)oc2cc1O. The highest BCUT2D eigenvalue weighted by Crippen LogP contribution is 2.31. The molecule has 0 bridgehead atoms. The lowest BCUT2D eigenvalue weighted by atomic mass is 10.0. The second-order valence-electron chi connectivity index (χ2n) is 5.85.